The average molecular weight is 215 g/mol. The van der Waals surface area contributed by atoms with E-state index in [0.717, 1.165) is 6.04 Å². The third-order valence-corrected chi connectivity index (χ3v) is 4.37. The Hall–Kier alpha value is -0.820. The number of benzene rings is 1. The number of rotatable bonds is 3. The molecule has 0 aliphatic heterocycles. The molecule has 1 aromatic rings. The lowest BCUT2D eigenvalue weighted by molar-refractivity contribution is 0.163. The highest BCUT2D eigenvalue weighted by Gasteiger charge is 2.40. The molecule has 0 aromatic heterocycles. The molecule has 1 nitrogen and oxygen atoms in total. The van der Waals surface area contributed by atoms with Crippen molar-refractivity contribution in [3.8, 4) is 0 Å². The predicted molar refractivity (Wildman–Crippen MR) is 67.4 cm³/mol. The summed E-state index contributed by atoms with van der Waals surface area (Å²) in [6.07, 6.45) is 9.64. The van der Waals surface area contributed by atoms with Crippen LogP contribution in [0, 0.1) is 0 Å². The SMILES string of the molecule is c1ccc(C2(NC3CCCC3)CCC2)cc1. The molecule has 2 fully saturated rings. The van der Waals surface area contributed by atoms with Gasteiger partial charge in [0, 0.05) is 11.6 Å². The van der Waals surface area contributed by atoms with E-state index in [-0.39, 0.29) is 0 Å². The zero-order chi connectivity index (χ0) is 10.8. The summed E-state index contributed by atoms with van der Waals surface area (Å²) in [5.74, 6) is 0. The Labute approximate surface area is 98.3 Å². The lowest BCUT2D eigenvalue weighted by atomic mass is 9.71. The summed E-state index contributed by atoms with van der Waals surface area (Å²) in [6.45, 7) is 0. The summed E-state index contributed by atoms with van der Waals surface area (Å²) >= 11 is 0. The summed E-state index contributed by atoms with van der Waals surface area (Å²) in [5, 5.41) is 3.95. The van der Waals surface area contributed by atoms with E-state index < -0.39 is 0 Å². The predicted octanol–water partition coefficient (Wildman–Crippen LogP) is 3.60. The van der Waals surface area contributed by atoms with Crippen LogP contribution in [0.2, 0.25) is 0 Å². The lowest BCUT2D eigenvalue weighted by Gasteiger charge is -2.45. The Morgan fingerprint density at radius 1 is 0.938 bits per heavy atom. The maximum Gasteiger partial charge on any atom is 0.0436 e. The van der Waals surface area contributed by atoms with Crippen molar-refractivity contribution < 1.29 is 0 Å². The van der Waals surface area contributed by atoms with Gasteiger partial charge in [-0.3, -0.25) is 0 Å². The van der Waals surface area contributed by atoms with Gasteiger partial charge in [0.1, 0.15) is 0 Å². The van der Waals surface area contributed by atoms with Crippen LogP contribution in [0.1, 0.15) is 50.5 Å². The first-order valence-electron chi connectivity index (χ1n) is 6.72. The summed E-state index contributed by atoms with van der Waals surface area (Å²) < 4.78 is 0. The van der Waals surface area contributed by atoms with Crippen LogP contribution in [0.15, 0.2) is 30.3 Å². The maximum atomic E-state index is 3.95. The highest BCUT2D eigenvalue weighted by molar-refractivity contribution is 5.27. The van der Waals surface area contributed by atoms with Gasteiger partial charge in [0.2, 0.25) is 0 Å². The van der Waals surface area contributed by atoms with Gasteiger partial charge < -0.3 is 5.32 Å². The molecule has 2 aliphatic carbocycles. The number of nitrogens with one attached hydrogen (secondary N) is 1. The second-order valence-electron chi connectivity index (χ2n) is 5.43. The molecular formula is C15H21N. The van der Waals surface area contributed by atoms with Gasteiger partial charge in [0.05, 0.1) is 0 Å². The first-order chi connectivity index (χ1) is 7.89. The van der Waals surface area contributed by atoms with Crippen molar-refractivity contribution in [1.82, 2.24) is 5.32 Å². The van der Waals surface area contributed by atoms with Gasteiger partial charge in [-0.2, -0.15) is 0 Å². The van der Waals surface area contributed by atoms with Gasteiger partial charge in [-0.25, -0.2) is 0 Å². The van der Waals surface area contributed by atoms with Crippen LogP contribution in [0.5, 0.6) is 0 Å². The van der Waals surface area contributed by atoms with Gasteiger partial charge in [-0.05, 0) is 37.7 Å². The van der Waals surface area contributed by atoms with Crippen LogP contribution in [0.25, 0.3) is 0 Å². The van der Waals surface area contributed by atoms with E-state index in [1.165, 1.54) is 50.5 Å². The molecule has 16 heavy (non-hydrogen) atoms. The molecule has 0 heterocycles. The summed E-state index contributed by atoms with van der Waals surface area (Å²) in [5.41, 5.74) is 1.84. The maximum absolute atomic E-state index is 3.95. The van der Waals surface area contributed by atoms with E-state index >= 15 is 0 Å². The van der Waals surface area contributed by atoms with Crippen LogP contribution in [0.3, 0.4) is 0 Å². The average Bonchev–Trinajstić information content (AvgIpc) is 2.77. The van der Waals surface area contributed by atoms with Gasteiger partial charge in [-0.15, -0.1) is 0 Å². The molecule has 1 heteroatoms. The van der Waals surface area contributed by atoms with Crippen molar-refractivity contribution in [2.45, 2.75) is 56.5 Å². The standard InChI is InChI=1S/C15H21N/c1-2-7-13(8-3-1)15(11-6-12-15)16-14-9-4-5-10-14/h1-3,7-8,14,16H,4-6,9-12H2. The van der Waals surface area contributed by atoms with Crippen LogP contribution in [0.4, 0.5) is 0 Å². The fourth-order valence-corrected chi connectivity index (χ4v) is 3.26. The van der Waals surface area contributed by atoms with E-state index in [2.05, 4.69) is 35.6 Å². The molecule has 86 valence electrons. The van der Waals surface area contributed by atoms with Gasteiger partial charge >= 0.3 is 0 Å². The smallest absolute Gasteiger partial charge is 0.0436 e. The van der Waals surface area contributed by atoms with E-state index in [4.69, 9.17) is 0 Å². The molecule has 0 atom stereocenters. The zero-order valence-corrected chi connectivity index (χ0v) is 9.91. The minimum Gasteiger partial charge on any atom is -0.305 e. The van der Waals surface area contributed by atoms with Crippen molar-refractivity contribution in [3.05, 3.63) is 35.9 Å². The van der Waals surface area contributed by atoms with Crippen molar-refractivity contribution in [2.75, 3.05) is 0 Å². The fraction of sp³-hybridized carbons (Fsp3) is 0.600. The van der Waals surface area contributed by atoms with E-state index in [9.17, 15) is 0 Å². The fourth-order valence-electron chi connectivity index (χ4n) is 3.26. The van der Waals surface area contributed by atoms with Crippen LogP contribution in [-0.4, -0.2) is 6.04 Å². The summed E-state index contributed by atoms with van der Waals surface area (Å²) in [6, 6.07) is 11.8. The largest absolute Gasteiger partial charge is 0.305 e. The van der Waals surface area contributed by atoms with E-state index in [1.807, 2.05) is 0 Å². The summed E-state index contributed by atoms with van der Waals surface area (Å²) in [4.78, 5) is 0. The van der Waals surface area contributed by atoms with E-state index in [1.54, 1.807) is 0 Å². The normalized spacial score (nSPS) is 24.2. The Balaban J connectivity index is 1.77. The second kappa shape index (κ2) is 4.21. The molecule has 0 radical (unpaired) electrons. The molecule has 0 unspecified atom stereocenters. The number of hydrogen-bond acceptors (Lipinski definition) is 1. The Bertz CT molecular complexity index is 334. The third-order valence-electron chi connectivity index (χ3n) is 4.37. The van der Waals surface area contributed by atoms with Crippen LogP contribution >= 0.6 is 0 Å². The van der Waals surface area contributed by atoms with Crippen molar-refractivity contribution in [3.63, 3.8) is 0 Å². The molecule has 2 saturated carbocycles. The van der Waals surface area contributed by atoms with E-state index in [0.29, 0.717) is 5.54 Å². The number of hydrogen-bond donors (Lipinski definition) is 1. The molecule has 0 bridgehead atoms. The highest BCUT2D eigenvalue weighted by Crippen LogP contribution is 2.42. The Morgan fingerprint density at radius 2 is 1.62 bits per heavy atom. The van der Waals surface area contributed by atoms with Crippen molar-refractivity contribution in [2.24, 2.45) is 0 Å². The molecule has 0 saturated heterocycles. The molecule has 0 spiro atoms. The Kier molecular flexibility index (Phi) is 2.72. The minimum atomic E-state index is 0.330. The first-order valence-corrected chi connectivity index (χ1v) is 6.72. The molecule has 2 aliphatic rings. The minimum absolute atomic E-state index is 0.330. The van der Waals surface area contributed by atoms with Gasteiger partial charge in [0.15, 0.2) is 0 Å². The topological polar surface area (TPSA) is 12.0 Å². The van der Waals surface area contributed by atoms with Crippen LogP contribution in [-0.2, 0) is 5.54 Å². The molecule has 1 N–H and O–H groups in total. The quantitative estimate of drug-likeness (QED) is 0.812. The first kappa shape index (κ1) is 10.3. The molecule has 3 rings (SSSR count). The van der Waals surface area contributed by atoms with Crippen LogP contribution < -0.4 is 5.32 Å². The third kappa shape index (κ3) is 1.78. The molecular weight excluding hydrogens is 194 g/mol. The highest BCUT2D eigenvalue weighted by atomic mass is 15.0. The molecule has 0 amide bonds. The lowest BCUT2D eigenvalue weighted by Crippen LogP contribution is -2.51. The summed E-state index contributed by atoms with van der Waals surface area (Å²) in [7, 11) is 0. The monoisotopic (exact) mass is 215 g/mol. The molecule has 1 aromatic carbocycles. The van der Waals surface area contributed by atoms with Gasteiger partial charge in [-0.1, -0.05) is 43.2 Å². The van der Waals surface area contributed by atoms with Crippen molar-refractivity contribution in [1.29, 1.82) is 0 Å². The zero-order valence-electron chi connectivity index (χ0n) is 9.91. The second-order valence-corrected chi connectivity index (χ2v) is 5.43. The van der Waals surface area contributed by atoms with Gasteiger partial charge in [0.25, 0.3) is 0 Å². The Morgan fingerprint density at radius 3 is 2.19 bits per heavy atom. The van der Waals surface area contributed by atoms with Crippen molar-refractivity contribution >= 4 is 0 Å².